The molecule has 3 saturated heterocycles. The first-order valence-electron chi connectivity index (χ1n) is 17.3. The van der Waals surface area contributed by atoms with Crippen LogP contribution in [0.15, 0.2) is 55.8 Å². The molecule has 290 valence electrons. The van der Waals surface area contributed by atoms with Crippen molar-refractivity contribution in [1.82, 2.24) is 48.6 Å². The van der Waals surface area contributed by atoms with Crippen LogP contribution in [0.3, 0.4) is 0 Å². The number of nitrogens with zero attached hydrogens (tertiary/aromatic N) is 10. The van der Waals surface area contributed by atoms with Crippen LogP contribution >= 0.6 is 7.82 Å². The number of aromatic amines is 3. The molecular formula is C30H34N13O11P. The van der Waals surface area contributed by atoms with E-state index in [1.807, 2.05) is 0 Å². The summed E-state index contributed by atoms with van der Waals surface area (Å²) in [6.45, 7) is 0.658. The normalized spacial score (nSPS) is 25.6. The van der Waals surface area contributed by atoms with Gasteiger partial charge in [0.2, 0.25) is 0 Å². The molecule has 3 aliphatic rings. The molecule has 3 N–H and O–H groups in total. The summed E-state index contributed by atoms with van der Waals surface area (Å²) in [7, 11) is -4.43. The molecule has 0 bridgehead atoms. The summed E-state index contributed by atoms with van der Waals surface area (Å²) in [5.74, 6) is 0. The van der Waals surface area contributed by atoms with E-state index in [1.165, 1.54) is 43.0 Å². The SMILES string of the molecule is Cc1cn([C@H]2CC(N=[N+]=[N-])[C@@H](COP(=O)(OC[C@@H]3CC[C@H](n4cnc5c(=O)[nH]cnc54)O3)OC[C@@H]3CC[C@H](n4cnc5c(=O)[nH]cnc54)O3)O2)c(=O)[nH]c1=O. The minimum absolute atomic E-state index is 0.0530. The summed E-state index contributed by atoms with van der Waals surface area (Å²) in [5.41, 5.74) is 8.49. The zero-order valence-corrected chi connectivity index (χ0v) is 29.9. The lowest BCUT2D eigenvalue weighted by molar-refractivity contribution is -0.0500. The number of aryl methyl sites for hydroxylation is 1. The van der Waals surface area contributed by atoms with Crippen LogP contribution in [0.25, 0.3) is 32.8 Å². The van der Waals surface area contributed by atoms with Crippen LogP contribution in [0.4, 0.5) is 0 Å². The molecule has 0 aliphatic carbocycles. The monoisotopic (exact) mass is 783 g/mol. The highest BCUT2D eigenvalue weighted by Crippen LogP contribution is 2.52. The molecule has 8 rings (SSSR count). The molecule has 25 heteroatoms. The van der Waals surface area contributed by atoms with Crippen molar-refractivity contribution in [2.24, 2.45) is 5.11 Å². The van der Waals surface area contributed by atoms with Gasteiger partial charge in [0.05, 0.1) is 69.5 Å². The van der Waals surface area contributed by atoms with Crippen molar-refractivity contribution in [2.45, 2.75) is 82.1 Å². The van der Waals surface area contributed by atoms with Gasteiger partial charge in [-0.2, -0.15) is 0 Å². The third-order valence-corrected chi connectivity index (χ3v) is 11.0. The number of hydrogen-bond donors (Lipinski definition) is 3. The van der Waals surface area contributed by atoms with Crippen LogP contribution in [-0.4, -0.2) is 92.8 Å². The first-order chi connectivity index (χ1) is 26.6. The lowest BCUT2D eigenvalue weighted by atomic mass is 10.1. The molecule has 3 fully saturated rings. The zero-order valence-electron chi connectivity index (χ0n) is 29.0. The second-order valence-electron chi connectivity index (χ2n) is 13.1. The van der Waals surface area contributed by atoms with Gasteiger partial charge in [-0.1, -0.05) is 5.11 Å². The Morgan fingerprint density at radius 1 is 0.800 bits per heavy atom. The van der Waals surface area contributed by atoms with Crippen LogP contribution in [0.1, 0.15) is 56.4 Å². The first kappa shape index (κ1) is 36.6. The van der Waals surface area contributed by atoms with Crippen molar-refractivity contribution in [3.05, 3.63) is 89.1 Å². The number of aromatic nitrogens is 10. The van der Waals surface area contributed by atoms with Crippen LogP contribution in [0.2, 0.25) is 0 Å². The number of H-pyrrole nitrogens is 3. The predicted octanol–water partition coefficient (Wildman–Crippen LogP) is 1.59. The minimum atomic E-state index is -4.43. The summed E-state index contributed by atoms with van der Waals surface area (Å²) in [5, 5.41) is 3.80. The number of ether oxygens (including phenoxy) is 3. The summed E-state index contributed by atoms with van der Waals surface area (Å²) in [4.78, 5) is 75.6. The highest BCUT2D eigenvalue weighted by Gasteiger charge is 2.41. The molecule has 0 aromatic carbocycles. The molecule has 0 radical (unpaired) electrons. The molecule has 55 heavy (non-hydrogen) atoms. The van der Waals surface area contributed by atoms with Gasteiger partial charge in [0.1, 0.15) is 18.7 Å². The second kappa shape index (κ2) is 15.1. The first-order valence-corrected chi connectivity index (χ1v) is 18.7. The van der Waals surface area contributed by atoms with Crippen LogP contribution < -0.4 is 22.4 Å². The number of phosphoric ester groups is 1. The van der Waals surface area contributed by atoms with Crippen molar-refractivity contribution in [1.29, 1.82) is 0 Å². The Bertz CT molecular complexity index is 2440. The number of phosphoric acid groups is 1. The maximum atomic E-state index is 14.3. The van der Waals surface area contributed by atoms with Crippen LogP contribution in [0.5, 0.6) is 0 Å². The number of hydrogen-bond acceptors (Lipinski definition) is 16. The topological polar surface area (TPSA) is 303 Å². The fourth-order valence-electron chi connectivity index (χ4n) is 6.82. The van der Waals surface area contributed by atoms with Crippen molar-refractivity contribution >= 4 is 30.2 Å². The predicted molar refractivity (Wildman–Crippen MR) is 186 cm³/mol. The summed E-state index contributed by atoms with van der Waals surface area (Å²) in [6, 6.07) is -0.850. The number of nitrogens with one attached hydrogen (secondary N) is 3. The van der Waals surface area contributed by atoms with Crippen molar-refractivity contribution in [3.63, 3.8) is 0 Å². The third kappa shape index (κ3) is 7.41. The molecule has 7 atom stereocenters. The van der Waals surface area contributed by atoms with E-state index in [2.05, 4.69) is 44.9 Å². The van der Waals surface area contributed by atoms with E-state index >= 15 is 0 Å². The molecule has 0 saturated carbocycles. The number of fused-ring (bicyclic) bond motifs is 2. The summed E-state index contributed by atoms with van der Waals surface area (Å²) < 4.78 is 54.6. The Balaban J connectivity index is 0.961. The lowest BCUT2D eigenvalue weighted by Crippen LogP contribution is -2.33. The van der Waals surface area contributed by atoms with E-state index in [-0.39, 0.29) is 47.3 Å². The minimum Gasteiger partial charge on any atom is -0.352 e. The average molecular weight is 784 g/mol. The van der Waals surface area contributed by atoms with Crippen molar-refractivity contribution in [2.75, 3.05) is 19.8 Å². The molecule has 1 unspecified atom stereocenters. The van der Waals surface area contributed by atoms with E-state index in [0.717, 1.165) is 0 Å². The molecule has 3 aliphatic heterocycles. The van der Waals surface area contributed by atoms with Gasteiger partial charge in [-0.05, 0) is 38.1 Å². The van der Waals surface area contributed by atoms with E-state index in [4.69, 9.17) is 27.8 Å². The maximum Gasteiger partial charge on any atom is 0.475 e. The van der Waals surface area contributed by atoms with Gasteiger partial charge in [-0.25, -0.2) is 29.3 Å². The largest absolute Gasteiger partial charge is 0.475 e. The van der Waals surface area contributed by atoms with E-state index in [1.54, 1.807) is 9.13 Å². The standard InChI is InChI=1S/C30H34N13O11P/c1-15-7-41(30(47)38-27(15)44)22-6-18(39-40-31)19(54-22)10-51-55(48,49-8-16-2-4-20(52-16)42-13-36-23-25(42)32-11-34-28(23)45)50-9-17-3-5-21(53-17)43-14-37-24-26(43)33-12-35-29(24)46/h7,11-14,16-22H,2-6,8-10H2,1H3,(H,32,34,45)(H,33,35,46)(H,38,44,47)/t16-,17-,18?,19+,20+,21+,22+/m0/s1. The van der Waals surface area contributed by atoms with E-state index in [0.29, 0.717) is 37.0 Å². The van der Waals surface area contributed by atoms with Gasteiger partial charge in [-0.3, -0.25) is 46.6 Å². The van der Waals surface area contributed by atoms with Gasteiger partial charge in [0.15, 0.2) is 22.3 Å². The molecular weight excluding hydrogens is 749 g/mol. The van der Waals surface area contributed by atoms with Crippen LogP contribution in [0, 0.1) is 6.92 Å². The highest BCUT2D eigenvalue weighted by atomic mass is 31.2. The quantitative estimate of drug-likeness (QED) is 0.0661. The second-order valence-corrected chi connectivity index (χ2v) is 14.8. The number of imidazole rings is 2. The van der Waals surface area contributed by atoms with Crippen LogP contribution in [-0.2, 0) is 32.3 Å². The maximum absolute atomic E-state index is 14.3. The summed E-state index contributed by atoms with van der Waals surface area (Å²) in [6.07, 6.45) is 4.73. The Morgan fingerprint density at radius 2 is 1.36 bits per heavy atom. The fourth-order valence-corrected chi connectivity index (χ4v) is 8.08. The summed E-state index contributed by atoms with van der Waals surface area (Å²) >= 11 is 0. The highest BCUT2D eigenvalue weighted by molar-refractivity contribution is 7.48. The number of rotatable bonds is 13. The Morgan fingerprint density at radius 3 is 1.93 bits per heavy atom. The molecule has 0 spiro atoms. The van der Waals surface area contributed by atoms with Gasteiger partial charge in [-0.15, -0.1) is 0 Å². The Labute approximate surface area is 307 Å². The molecule has 5 aromatic heterocycles. The molecule has 0 amide bonds. The van der Waals surface area contributed by atoms with E-state index in [9.17, 15) is 29.3 Å². The fraction of sp³-hybridized carbons (Fsp3) is 0.533. The number of azide groups is 1. The van der Waals surface area contributed by atoms with Gasteiger partial charge >= 0.3 is 13.5 Å². The van der Waals surface area contributed by atoms with Gasteiger partial charge in [0, 0.05) is 23.1 Å². The molecule has 24 nitrogen and oxygen atoms in total. The average Bonchev–Trinajstić information content (AvgIpc) is 4.01. The van der Waals surface area contributed by atoms with Gasteiger partial charge < -0.3 is 24.2 Å². The smallest absolute Gasteiger partial charge is 0.352 e. The Hall–Kier alpha value is -5.32. The molecule has 5 aromatic rings. The Kier molecular flexibility index (Phi) is 10.0. The van der Waals surface area contributed by atoms with Crippen molar-refractivity contribution < 1.29 is 32.3 Å². The van der Waals surface area contributed by atoms with Crippen molar-refractivity contribution in [3.8, 4) is 0 Å². The third-order valence-electron chi connectivity index (χ3n) is 9.62. The van der Waals surface area contributed by atoms with Gasteiger partial charge in [0.25, 0.3) is 16.7 Å². The lowest BCUT2D eigenvalue weighted by Gasteiger charge is -2.24. The van der Waals surface area contributed by atoms with E-state index < -0.39 is 68.7 Å². The zero-order chi connectivity index (χ0) is 38.3. The molecule has 8 heterocycles.